The highest BCUT2D eigenvalue weighted by Gasteiger charge is 2.33. The molecule has 0 bridgehead atoms. The molecular weight excluding hydrogens is 483 g/mol. The summed E-state index contributed by atoms with van der Waals surface area (Å²) in [5.74, 6) is -0.700. The van der Waals surface area contributed by atoms with Crippen molar-refractivity contribution in [2.45, 2.75) is 17.6 Å². The summed E-state index contributed by atoms with van der Waals surface area (Å²) in [6.45, 7) is 0.956. The first kappa shape index (κ1) is 23.9. The van der Waals surface area contributed by atoms with Crippen LogP contribution in [0.15, 0.2) is 77.1 Å². The van der Waals surface area contributed by atoms with E-state index in [-0.39, 0.29) is 17.3 Å². The van der Waals surface area contributed by atoms with Gasteiger partial charge in [0.25, 0.3) is 5.91 Å². The van der Waals surface area contributed by atoms with Gasteiger partial charge in [-0.3, -0.25) is 9.59 Å². The Kier molecular flexibility index (Phi) is 7.28. The van der Waals surface area contributed by atoms with E-state index in [1.54, 1.807) is 6.07 Å². The number of benzene rings is 2. The van der Waals surface area contributed by atoms with Crippen LogP contribution in [0.1, 0.15) is 15.2 Å². The molecule has 0 spiro atoms. The Morgan fingerprint density at radius 1 is 1.00 bits per heavy atom. The molecule has 5 nitrogen and oxygen atoms in total. The van der Waals surface area contributed by atoms with Gasteiger partial charge in [-0.25, -0.2) is 0 Å². The van der Waals surface area contributed by atoms with Crippen molar-refractivity contribution >= 4 is 51.5 Å². The van der Waals surface area contributed by atoms with Crippen molar-refractivity contribution in [2.24, 2.45) is 0 Å². The van der Waals surface area contributed by atoms with Gasteiger partial charge in [0.05, 0.1) is 21.9 Å². The lowest BCUT2D eigenvalue weighted by Crippen LogP contribution is -2.26. The van der Waals surface area contributed by atoms with E-state index >= 15 is 0 Å². The number of rotatable bonds is 8. The number of nitrogens with zero attached hydrogens (tertiary/aromatic N) is 1. The molecule has 0 aliphatic rings. The van der Waals surface area contributed by atoms with Crippen molar-refractivity contribution in [3.63, 3.8) is 0 Å². The number of nitrogens with one attached hydrogen (secondary N) is 2. The lowest BCUT2D eigenvalue weighted by Gasteiger charge is -2.13. The summed E-state index contributed by atoms with van der Waals surface area (Å²) >= 11 is 2.62. The molecule has 0 aliphatic carbocycles. The zero-order chi connectivity index (χ0) is 24.1. The summed E-state index contributed by atoms with van der Waals surface area (Å²) in [7, 11) is 0. The zero-order valence-corrected chi connectivity index (χ0v) is 19.4. The molecule has 34 heavy (non-hydrogen) atoms. The Labute approximate surface area is 202 Å². The number of fused-ring (bicyclic) bond motifs is 1. The second-order valence-electron chi connectivity index (χ2n) is 7.32. The van der Waals surface area contributed by atoms with Crippen molar-refractivity contribution in [1.29, 1.82) is 0 Å². The molecule has 2 N–H and O–H groups in total. The molecule has 4 aromatic rings. The summed E-state index contributed by atoms with van der Waals surface area (Å²) < 4.78 is 41.5. The second-order valence-corrected chi connectivity index (χ2v) is 9.28. The first-order valence-corrected chi connectivity index (χ1v) is 12.2. The molecule has 2 aromatic heterocycles. The predicted octanol–water partition coefficient (Wildman–Crippen LogP) is 5.88. The molecule has 0 radical (unpaired) electrons. The molecule has 10 heteroatoms. The molecule has 2 aromatic carbocycles. The van der Waals surface area contributed by atoms with Crippen molar-refractivity contribution in [3.8, 4) is 0 Å². The highest BCUT2D eigenvalue weighted by molar-refractivity contribution is 8.00. The highest BCUT2D eigenvalue weighted by atomic mass is 32.2. The van der Waals surface area contributed by atoms with Crippen LogP contribution in [0.5, 0.6) is 0 Å². The molecule has 0 atom stereocenters. The molecule has 2 amide bonds. The number of hydrogen-bond donors (Lipinski definition) is 2. The number of anilines is 1. The largest absolute Gasteiger partial charge is 0.418 e. The minimum absolute atomic E-state index is 0.0463. The van der Waals surface area contributed by atoms with Gasteiger partial charge in [-0.15, -0.1) is 23.1 Å². The minimum Gasteiger partial charge on any atom is -0.350 e. The Balaban J connectivity index is 1.41. The molecule has 0 saturated heterocycles. The van der Waals surface area contributed by atoms with Crippen LogP contribution in [0.3, 0.4) is 0 Å². The molecule has 2 heterocycles. The van der Waals surface area contributed by atoms with Crippen LogP contribution in [0.2, 0.25) is 0 Å². The van der Waals surface area contributed by atoms with Gasteiger partial charge in [-0.05, 0) is 29.6 Å². The maximum atomic E-state index is 13.2. The van der Waals surface area contributed by atoms with Crippen LogP contribution in [-0.4, -0.2) is 28.7 Å². The molecule has 0 fully saturated rings. The van der Waals surface area contributed by atoms with Gasteiger partial charge < -0.3 is 15.2 Å². The number of carbonyl (C=O) groups excluding carboxylic acids is 2. The van der Waals surface area contributed by atoms with Crippen LogP contribution < -0.4 is 10.6 Å². The summed E-state index contributed by atoms with van der Waals surface area (Å²) in [4.78, 5) is 26.0. The normalized spacial score (nSPS) is 11.5. The Morgan fingerprint density at radius 3 is 2.53 bits per heavy atom. The predicted molar refractivity (Wildman–Crippen MR) is 129 cm³/mol. The summed E-state index contributed by atoms with van der Waals surface area (Å²) in [5, 5.41) is 8.03. The number of alkyl halides is 3. The molecular formula is C24H20F3N3O2S2. The lowest BCUT2D eigenvalue weighted by atomic mass is 10.1. The van der Waals surface area contributed by atoms with Crippen LogP contribution >= 0.6 is 23.1 Å². The number of carbonyl (C=O) groups is 2. The third kappa shape index (κ3) is 5.63. The fourth-order valence-corrected chi connectivity index (χ4v) is 5.00. The monoisotopic (exact) mass is 503 g/mol. The number of thiophene rings is 1. The van der Waals surface area contributed by atoms with E-state index in [1.807, 2.05) is 46.5 Å². The Hall–Kier alpha value is -3.24. The van der Waals surface area contributed by atoms with Crippen molar-refractivity contribution in [3.05, 3.63) is 82.7 Å². The third-order valence-electron chi connectivity index (χ3n) is 5.00. The van der Waals surface area contributed by atoms with E-state index in [0.29, 0.717) is 18.0 Å². The number of amides is 2. The van der Waals surface area contributed by atoms with Crippen molar-refractivity contribution in [1.82, 2.24) is 9.88 Å². The summed E-state index contributed by atoms with van der Waals surface area (Å²) in [6, 6.07) is 16.1. The van der Waals surface area contributed by atoms with Crippen LogP contribution in [0.4, 0.5) is 18.9 Å². The van der Waals surface area contributed by atoms with Crippen molar-refractivity contribution < 1.29 is 22.8 Å². The van der Waals surface area contributed by atoms with E-state index in [9.17, 15) is 22.8 Å². The summed E-state index contributed by atoms with van der Waals surface area (Å²) in [6.07, 6.45) is -2.66. The number of halogens is 3. The third-order valence-corrected chi connectivity index (χ3v) is 6.91. The van der Waals surface area contributed by atoms with E-state index in [1.165, 1.54) is 41.3 Å². The standard InChI is InChI=1S/C24H20F3N3O2S2/c25-24(26,27)17-7-2-3-8-18(17)29-22(31)15-34-21-14-30(19-9-4-1-6-16(19)21)12-11-28-23(32)20-10-5-13-33-20/h1-10,13-14H,11-12,15H2,(H,28,32)(H,29,31). The molecule has 0 aliphatic heterocycles. The zero-order valence-electron chi connectivity index (χ0n) is 17.8. The van der Waals surface area contributed by atoms with Gasteiger partial charge in [0.1, 0.15) is 0 Å². The minimum atomic E-state index is -4.55. The maximum Gasteiger partial charge on any atom is 0.418 e. The molecule has 176 valence electrons. The first-order chi connectivity index (χ1) is 16.3. The number of aromatic nitrogens is 1. The molecule has 0 unspecified atom stereocenters. The fraction of sp³-hybridized carbons (Fsp3) is 0.167. The maximum absolute atomic E-state index is 13.2. The van der Waals surface area contributed by atoms with Gasteiger partial charge in [0.2, 0.25) is 5.91 Å². The average Bonchev–Trinajstić information content (AvgIpc) is 3.46. The van der Waals surface area contributed by atoms with Gasteiger partial charge in [0.15, 0.2) is 0 Å². The second kappa shape index (κ2) is 10.4. The fourth-order valence-electron chi connectivity index (χ4n) is 3.47. The van der Waals surface area contributed by atoms with Crippen molar-refractivity contribution in [2.75, 3.05) is 17.6 Å². The molecule has 0 saturated carbocycles. The topological polar surface area (TPSA) is 63.1 Å². The Bertz CT molecular complexity index is 1300. The smallest absolute Gasteiger partial charge is 0.350 e. The SMILES string of the molecule is O=C(CSc1cn(CCNC(=O)c2cccs2)c2ccccc12)Nc1ccccc1C(F)(F)F. The van der Waals surface area contributed by atoms with Gasteiger partial charge in [0, 0.05) is 35.1 Å². The lowest BCUT2D eigenvalue weighted by molar-refractivity contribution is -0.137. The average molecular weight is 504 g/mol. The highest BCUT2D eigenvalue weighted by Crippen LogP contribution is 2.35. The van der Waals surface area contributed by atoms with Crippen LogP contribution in [0.25, 0.3) is 10.9 Å². The van der Waals surface area contributed by atoms with Gasteiger partial charge >= 0.3 is 6.18 Å². The number of para-hydroxylation sites is 2. The van der Waals surface area contributed by atoms with Crippen LogP contribution in [0, 0.1) is 0 Å². The number of hydrogen-bond acceptors (Lipinski definition) is 4. The summed E-state index contributed by atoms with van der Waals surface area (Å²) in [5.41, 5.74) is -0.197. The Morgan fingerprint density at radius 2 is 1.76 bits per heavy atom. The van der Waals surface area contributed by atoms with E-state index < -0.39 is 17.6 Å². The van der Waals surface area contributed by atoms with Crippen LogP contribution in [-0.2, 0) is 17.5 Å². The molecule has 4 rings (SSSR count). The first-order valence-electron chi connectivity index (χ1n) is 10.3. The quantitative estimate of drug-likeness (QED) is 0.295. The van der Waals surface area contributed by atoms with E-state index in [2.05, 4.69) is 10.6 Å². The van der Waals surface area contributed by atoms with E-state index in [0.717, 1.165) is 21.9 Å². The number of thioether (sulfide) groups is 1. The van der Waals surface area contributed by atoms with Gasteiger partial charge in [-0.1, -0.05) is 36.4 Å². The van der Waals surface area contributed by atoms with Gasteiger partial charge in [-0.2, -0.15) is 13.2 Å². The van der Waals surface area contributed by atoms with E-state index in [4.69, 9.17) is 0 Å².